The highest BCUT2D eigenvalue weighted by atomic mass is 32.1. The van der Waals surface area contributed by atoms with Crippen molar-refractivity contribution in [1.82, 2.24) is 4.98 Å². The minimum atomic E-state index is -0.757. The van der Waals surface area contributed by atoms with Crippen LogP contribution >= 0.6 is 11.3 Å². The third-order valence-corrected chi connectivity index (χ3v) is 7.33. The number of carbonyl (C=O) groups is 1. The summed E-state index contributed by atoms with van der Waals surface area (Å²) in [6.07, 6.45) is 4.68. The van der Waals surface area contributed by atoms with Gasteiger partial charge >= 0.3 is 5.97 Å². The van der Waals surface area contributed by atoms with Gasteiger partial charge in [-0.2, -0.15) is 0 Å². The molecule has 2 fully saturated rings. The first-order chi connectivity index (χ1) is 16.0. The number of nitrogens with zero attached hydrogens (tertiary/aromatic N) is 1. The molecule has 1 saturated carbocycles. The van der Waals surface area contributed by atoms with E-state index in [-0.39, 0.29) is 30.5 Å². The minimum Gasteiger partial charge on any atom is -0.491 e. The molecule has 0 amide bonds. The Morgan fingerprint density at radius 3 is 2.94 bits per heavy atom. The number of ether oxygens (including phenoxy) is 3. The van der Waals surface area contributed by atoms with Gasteiger partial charge in [-0.1, -0.05) is 30.4 Å². The van der Waals surface area contributed by atoms with Crippen LogP contribution in [0.4, 0.5) is 0 Å². The van der Waals surface area contributed by atoms with Crippen LogP contribution in [0.3, 0.4) is 0 Å². The number of thiazole rings is 1. The number of fused-ring (bicyclic) bond motifs is 1. The number of rotatable bonds is 8. The highest BCUT2D eigenvalue weighted by Crippen LogP contribution is 2.43. The second kappa shape index (κ2) is 11.2. The molecule has 4 rings (SSSR count). The lowest BCUT2D eigenvalue weighted by molar-refractivity contribution is 0.0286. The molecule has 1 saturated heterocycles. The van der Waals surface area contributed by atoms with Crippen molar-refractivity contribution in [3.05, 3.63) is 58.6 Å². The summed E-state index contributed by atoms with van der Waals surface area (Å²) in [6.45, 7) is 2.78. The summed E-state index contributed by atoms with van der Waals surface area (Å²) in [5.41, 5.74) is 0.351. The first-order valence-electron chi connectivity index (χ1n) is 11.5. The van der Waals surface area contributed by atoms with Crippen molar-refractivity contribution in [3.8, 4) is 5.75 Å². The standard InChI is InChI=1S/C25H31NO6S/c1-2-30-25(29)21-15-33-24(26-21)16-8-10-20-19(22(28)12-23(20)32-13-16)11-9-17(27)14-31-18-6-4-3-5-7-18/h3-7,9,11,15-17,19-20,22-23,27-28H,2,8,10,12-14H2,1H3/b11-9+/t16-,17+,19+,20+,22+,23-/m0/s1. The Kier molecular flexibility index (Phi) is 8.14. The molecule has 8 heteroatoms. The normalized spacial score (nSPS) is 28.3. The molecule has 1 aromatic carbocycles. The molecule has 2 N–H and O–H groups in total. The Morgan fingerprint density at radius 2 is 2.15 bits per heavy atom. The lowest BCUT2D eigenvalue weighted by Gasteiger charge is -2.21. The summed E-state index contributed by atoms with van der Waals surface area (Å²) in [5, 5.41) is 23.6. The van der Waals surface area contributed by atoms with E-state index in [1.165, 1.54) is 11.3 Å². The van der Waals surface area contributed by atoms with E-state index in [9.17, 15) is 15.0 Å². The van der Waals surface area contributed by atoms with Gasteiger partial charge in [0.05, 0.1) is 30.4 Å². The summed E-state index contributed by atoms with van der Waals surface area (Å²) in [6, 6.07) is 9.37. The SMILES string of the molecule is CCOC(=O)c1csc([C@H]2CC[C@@H]3[C@@H](/C=C/[C@@H](O)COc4ccccc4)[C@H](O)C[C@@H]3OC2)n1. The molecule has 1 aromatic heterocycles. The Balaban J connectivity index is 1.34. The van der Waals surface area contributed by atoms with Crippen molar-refractivity contribution >= 4 is 17.3 Å². The summed E-state index contributed by atoms with van der Waals surface area (Å²) in [5.74, 6) is 0.534. The van der Waals surface area contributed by atoms with Crippen molar-refractivity contribution in [1.29, 1.82) is 0 Å². The highest BCUT2D eigenvalue weighted by Gasteiger charge is 2.43. The van der Waals surface area contributed by atoms with E-state index in [1.807, 2.05) is 36.4 Å². The number of carbonyl (C=O) groups excluding carboxylic acids is 1. The van der Waals surface area contributed by atoms with Crippen LogP contribution in [0.5, 0.6) is 5.75 Å². The van der Waals surface area contributed by atoms with Crippen LogP contribution in [0.1, 0.15) is 47.6 Å². The van der Waals surface area contributed by atoms with Crippen LogP contribution < -0.4 is 4.74 Å². The van der Waals surface area contributed by atoms with Gasteiger partial charge in [0.1, 0.15) is 18.5 Å². The molecule has 6 atom stereocenters. The van der Waals surface area contributed by atoms with Crippen molar-refractivity contribution in [2.75, 3.05) is 19.8 Å². The maximum atomic E-state index is 11.9. The molecule has 7 nitrogen and oxygen atoms in total. The average Bonchev–Trinajstić information content (AvgIpc) is 3.36. The zero-order valence-electron chi connectivity index (χ0n) is 18.7. The molecule has 2 aromatic rings. The van der Waals surface area contributed by atoms with Gasteiger partial charge in [-0.15, -0.1) is 11.3 Å². The van der Waals surface area contributed by atoms with E-state index in [1.54, 1.807) is 18.4 Å². The van der Waals surface area contributed by atoms with Crippen LogP contribution in [0, 0.1) is 11.8 Å². The fourth-order valence-corrected chi connectivity index (χ4v) is 5.55. The van der Waals surface area contributed by atoms with Gasteiger partial charge in [-0.05, 0) is 37.8 Å². The molecule has 0 unspecified atom stereocenters. The molecule has 178 valence electrons. The van der Waals surface area contributed by atoms with Gasteiger partial charge in [-0.25, -0.2) is 9.78 Å². The van der Waals surface area contributed by atoms with Crippen LogP contribution in [-0.4, -0.2) is 59.3 Å². The number of hydrogen-bond acceptors (Lipinski definition) is 8. The fraction of sp³-hybridized carbons (Fsp3) is 0.520. The topological polar surface area (TPSA) is 98.1 Å². The number of aliphatic hydroxyl groups excluding tert-OH is 2. The number of benzene rings is 1. The van der Waals surface area contributed by atoms with Crippen molar-refractivity contribution in [3.63, 3.8) is 0 Å². The van der Waals surface area contributed by atoms with Gasteiger partial charge in [0, 0.05) is 23.6 Å². The Hall–Kier alpha value is -2.26. The zero-order chi connectivity index (χ0) is 23.2. The van der Waals surface area contributed by atoms with Gasteiger partial charge in [-0.3, -0.25) is 0 Å². The average molecular weight is 474 g/mol. The quantitative estimate of drug-likeness (QED) is 0.447. The van der Waals surface area contributed by atoms with E-state index in [0.717, 1.165) is 17.8 Å². The minimum absolute atomic E-state index is 0.0261. The van der Waals surface area contributed by atoms with Crippen LogP contribution in [-0.2, 0) is 9.47 Å². The molecule has 1 aliphatic heterocycles. The Morgan fingerprint density at radius 1 is 1.33 bits per heavy atom. The van der Waals surface area contributed by atoms with E-state index >= 15 is 0 Å². The lowest BCUT2D eigenvalue weighted by Crippen LogP contribution is -2.22. The molecule has 33 heavy (non-hydrogen) atoms. The largest absolute Gasteiger partial charge is 0.491 e. The molecular weight excluding hydrogens is 442 g/mol. The maximum Gasteiger partial charge on any atom is 0.357 e. The van der Waals surface area contributed by atoms with Gasteiger partial charge in [0.25, 0.3) is 0 Å². The molecule has 2 aliphatic rings. The third kappa shape index (κ3) is 6.00. The molecule has 1 aliphatic carbocycles. The summed E-state index contributed by atoms with van der Waals surface area (Å²) < 4.78 is 16.8. The van der Waals surface area contributed by atoms with Crippen LogP contribution in [0.2, 0.25) is 0 Å². The molecule has 0 spiro atoms. The maximum absolute atomic E-state index is 11.9. The first kappa shape index (κ1) is 23.9. The molecule has 0 radical (unpaired) electrons. The smallest absolute Gasteiger partial charge is 0.357 e. The Bertz CT molecular complexity index is 932. The van der Waals surface area contributed by atoms with Gasteiger partial charge in [0.2, 0.25) is 0 Å². The van der Waals surface area contributed by atoms with Gasteiger partial charge < -0.3 is 24.4 Å². The van der Waals surface area contributed by atoms with E-state index in [4.69, 9.17) is 14.2 Å². The van der Waals surface area contributed by atoms with Crippen LogP contribution in [0.25, 0.3) is 0 Å². The molecular formula is C25H31NO6S. The fourth-order valence-electron chi connectivity index (χ4n) is 4.64. The summed E-state index contributed by atoms with van der Waals surface area (Å²) in [7, 11) is 0. The number of aromatic nitrogens is 1. The van der Waals surface area contributed by atoms with Gasteiger partial charge in [0.15, 0.2) is 5.69 Å². The number of para-hydroxylation sites is 1. The second-order valence-electron chi connectivity index (χ2n) is 8.56. The number of aliphatic hydroxyl groups is 2. The zero-order valence-corrected chi connectivity index (χ0v) is 19.5. The predicted octanol–water partition coefficient (Wildman–Crippen LogP) is 3.58. The number of esters is 1. The first-order valence-corrected chi connectivity index (χ1v) is 12.4. The lowest BCUT2D eigenvalue weighted by atomic mass is 9.87. The Labute approximate surface area is 198 Å². The molecule has 0 bridgehead atoms. The predicted molar refractivity (Wildman–Crippen MR) is 124 cm³/mol. The van der Waals surface area contributed by atoms with Crippen molar-refractivity contribution in [2.45, 2.75) is 50.4 Å². The second-order valence-corrected chi connectivity index (χ2v) is 9.45. The molecule has 2 heterocycles. The number of hydrogen-bond donors (Lipinski definition) is 2. The summed E-state index contributed by atoms with van der Waals surface area (Å²) in [4.78, 5) is 16.4. The van der Waals surface area contributed by atoms with E-state index in [2.05, 4.69) is 4.98 Å². The highest BCUT2D eigenvalue weighted by molar-refractivity contribution is 7.09. The monoisotopic (exact) mass is 473 g/mol. The van der Waals surface area contributed by atoms with Crippen molar-refractivity contribution < 1.29 is 29.2 Å². The van der Waals surface area contributed by atoms with E-state index < -0.39 is 18.2 Å². The summed E-state index contributed by atoms with van der Waals surface area (Å²) >= 11 is 1.46. The van der Waals surface area contributed by atoms with Crippen LogP contribution in [0.15, 0.2) is 47.9 Å². The van der Waals surface area contributed by atoms with Crippen molar-refractivity contribution in [2.24, 2.45) is 11.8 Å². The third-order valence-electron chi connectivity index (χ3n) is 6.33. The van der Waals surface area contributed by atoms with E-state index in [0.29, 0.717) is 31.1 Å².